The second-order valence-corrected chi connectivity index (χ2v) is 7.88. The van der Waals surface area contributed by atoms with Crippen molar-refractivity contribution in [1.82, 2.24) is 14.8 Å². The van der Waals surface area contributed by atoms with Crippen LogP contribution < -0.4 is 14.2 Å². The quantitative estimate of drug-likeness (QED) is 0.715. The molecule has 27 heavy (non-hydrogen) atoms. The molecule has 3 aromatic rings. The molecular weight excluding hydrogens is 392 g/mol. The summed E-state index contributed by atoms with van der Waals surface area (Å²) in [5.41, 5.74) is 0.773. The van der Waals surface area contributed by atoms with Crippen molar-refractivity contribution in [3.05, 3.63) is 54.1 Å². The Morgan fingerprint density at radius 3 is 2.67 bits per heavy atom. The highest BCUT2D eigenvalue weighted by atomic mass is 35.5. The third-order valence-electron chi connectivity index (χ3n) is 3.90. The van der Waals surface area contributed by atoms with Gasteiger partial charge in [0.25, 0.3) is 10.0 Å². The van der Waals surface area contributed by atoms with Crippen LogP contribution in [-0.2, 0) is 10.0 Å². The maximum Gasteiger partial charge on any atom is 0.262 e. The molecule has 1 aliphatic rings. The number of nitrogens with zero attached hydrogens (tertiary/aromatic N) is 3. The fourth-order valence-corrected chi connectivity index (χ4v) is 3.89. The second-order valence-electron chi connectivity index (χ2n) is 5.77. The molecular formula is C17H15ClN4O4S. The standard InChI is InChI=1S/C17H15ClN4O4S/c18-12-2-4-15(22-11-19-10-20-22)14(8-12)21-27(23,24)13-3-5-16-17(9-13)26-7-1-6-25-16/h2-5,8-11,21H,1,6-7H2. The number of hydrogen-bond acceptors (Lipinski definition) is 6. The second kappa shape index (κ2) is 7.09. The van der Waals surface area contributed by atoms with Gasteiger partial charge in [-0.3, -0.25) is 4.72 Å². The molecule has 0 amide bonds. The normalized spacial score (nSPS) is 13.8. The molecule has 1 N–H and O–H groups in total. The van der Waals surface area contributed by atoms with E-state index in [1.165, 1.54) is 35.5 Å². The third-order valence-corrected chi connectivity index (χ3v) is 5.50. The molecule has 0 atom stereocenters. The van der Waals surface area contributed by atoms with Gasteiger partial charge in [0.1, 0.15) is 12.7 Å². The number of nitrogens with one attached hydrogen (secondary N) is 1. The molecule has 0 aliphatic carbocycles. The number of rotatable bonds is 4. The lowest BCUT2D eigenvalue weighted by Gasteiger charge is -2.14. The number of halogens is 1. The summed E-state index contributed by atoms with van der Waals surface area (Å²) in [6, 6.07) is 9.32. The average Bonchev–Trinajstić information content (AvgIpc) is 3.06. The first-order valence-corrected chi connectivity index (χ1v) is 9.96. The van der Waals surface area contributed by atoms with Crippen molar-refractivity contribution in [2.45, 2.75) is 11.3 Å². The summed E-state index contributed by atoms with van der Waals surface area (Å²) in [6.07, 6.45) is 3.56. The van der Waals surface area contributed by atoms with Gasteiger partial charge in [0.15, 0.2) is 11.5 Å². The van der Waals surface area contributed by atoms with Gasteiger partial charge in [-0.1, -0.05) is 11.6 Å². The fraction of sp³-hybridized carbons (Fsp3) is 0.176. The van der Waals surface area contributed by atoms with E-state index in [-0.39, 0.29) is 10.6 Å². The van der Waals surface area contributed by atoms with Gasteiger partial charge in [-0.25, -0.2) is 18.1 Å². The van der Waals surface area contributed by atoms with E-state index in [2.05, 4.69) is 14.8 Å². The summed E-state index contributed by atoms with van der Waals surface area (Å²) in [7, 11) is -3.89. The molecule has 8 nitrogen and oxygen atoms in total. The predicted molar refractivity (Wildman–Crippen MR) is 99.2 cm³/mol. The van der Waals surface area contributed by atoms with E-state index in [0.717, 1.165) is 6.42 Å². The minimum Gasteiger partial charge on any atom is -0.490 e. The van der Waals surface area contributed by atoms with Crippen LogP contribution >= 0.6 is 11.6 Å². The molecule has 1 aliphatic heterocycles. The SMILES string of the molecule is O=S(=O)(Nc1cc(Cl)ccc1-n1cncn1)c1ccc2c(c1)OCCCO2. The molecule has 0 bridgehead atoms. The summed E-state index contributed by atoms with van der Waals surface area (Å²) in [6.45, 7) is 0.996. The van der Waals surface area contributed by atoms with Crippen LogP contribution in [0.3, 0.4) is 0 Å². The van der Waals surface area contributed by atoms with Gasteiger partial charge in [-0.05, 0) is 30.3 Å². The number of hydrogen-bond donors (Lipinski definition) is 1. The summed E-state index contributed by atoms with van der Waals surface area (Å²) < 4.78 is 40.9. The summed E-state index contributed by atoms with van der Waals surface area (Å²) in [5, 5.41) is 4.42. The van der Waals surface area contributed by atoms with E-state index >= 15 is 0 Å². The van der Waals surface area contributed by atoms with Crippen LogP contribution in [-0.4, -0.2) is 36.4 Å². The van der Waals surface area contributed by atoms with E-state index in [0.29, 0.717) is 35.4 Å². The molecule has 2 aromatic carbocycles. The Balaban J connectivity index is 1.70. The Kier molecular flexibility index (Phi) is 4.63. The van der Waals surface area contributed by atoms with Crippen LogP contribution in [0.15, 0.2) is 53.9 Å². The number of ether oxygens (including phenoxy) is 2. The molecule has 10 heteroatoms. The molecule has 0 unspecified atom stereocenters. The molecule has 1 aromatic heterocycles. The number of anilines is 1. The maximum atomic E-state index is 12.9. The molecule has 0 saturated heterocycles. The van der Waals surface area contributed by atoms with Crippen LogP contribution in [0.4, 0.5) is 5.69 Å². The van der Waals surface area contributed by atoms with Crippen molar-refractivity contribution in [3.63, 3.8) is 0 Å². The Bertz CT molecular complexity index is 1070. The fourth-order valence-electron chi connectivity index (χ4n) is 2.64. The molecule has 0 saturated carbocycles. The minimum absolute atomic E-state index is 0.0521. The molecule has 4 rings (SSSR count). The largest absolute Gasteiger partial charge is 0.490 e. The van der Waals surface area contributed by atoms with Crippen LogP contribution in [0.5, 0.6) is 11.5 Å². The Labute approximate surface area is 160 Å². The Hall–Kier alpha value is -2.78. The van der Waals surface area contributed by atoms with E-state index in [9.17, 15) is 8.42 Å². The summed E-state index contributed by atoms with van der Waals surface area (Å²) in [5.74, 6) is 0.926. The first-order chi connectivity index (χ1) is 13.0. The Morgan fingerprint density at radius 2 is 1.89 bits per heavy atom. The molecule has 140 valence electrons. The molecule has 0 radical (unpaired) electrons. The van der Waals surface area contributed by atoms with Crippen molar-refractivity contribution in [2.24, 2.45) is 0 Å². The van der Waals surface area contributed by atoms with Gasteiger partial charge in [0, 0.05) is 17.5 Å². The Morgan fingerprint density at radius 1 is 1.07 bits per heavy atom. The highest BCUT2D eigenvalue weighted by molar-refractivity contribution is 7.92. The van der Waals surface area contributed by atoms with Gasteiger partial charge in [0.2, 0.25) is 0 Å². The predicted octanol–water partition coefficient (Wildman–Crippen LogP) is 2.88. The van der Waals surface area contributed by atoms with Crippen LogP contribution in [0.25, 0.3) is 5.69 Å². The van der Waals surface area contributed by atoms with E-state index < -0.39 is 10.0 Å². The highest BCUT2D eigenvalue weighted by Crippen LogP contribution is 2.33. The van der Waals surface area contributed by atoms with Crippen molar-refractivity contribution >= 4 is 27.3 Å². The molecule has 0 fully saturated rings. The summed E-state index contributed by atoms with van der Waals surface area (Å²) >= 11 is 6.05. The van der Waals surface area contributed by atoms with E-state index in [1.807, 2.05) is 0 Å². The zero-order valence-electron chi connectivity index (χ0n) is 14.0. The third kappa shape index (κ3) is 3.69. The number of fused-ring (bicyclic) bond motifs is 1. The lowest BCUT2D eigenvalue weighted by atomic mass is 10.3. The van der Waals surface area contributed by atoms with Crippen LogP contribution in [0, 0.1) is 0 Å². The number of benzene rings is 2. The lowest BCUT2D eigenvalue weighted by Crippen LogP contribution is -2.15. The molecule has 0 spiro atoms. The first kappa shape index (κ1) is 17.6. The van der Waals surface area contributed by atoms with E-state index in [1.54, 1.807) is 18.2 Å². The lowest BCUT2D eigenvalue weighted by molar-refractivity contribution is 0.297. The smallest absolute Gasteiger partial charge is 0.262 e. The van der Waals surface area contributed by atoms with Gasteiger partial charge in [-0.2, -0.15) is 5.10 Å². The van der Waals surface area contributed by atoms with Crippen molar-refractivity contribution < 1.29 is 17.9 Å². The van der Waals surface area contributed by atoms with E-state index in [4.69, 9.17) is 21.1 Å². The first-order valence-electron chi connectivity index (χ1n) is 8.10. The average molecular weight is 407 g/mol. The van der Waals surface area contributed by atoms with Crippen LogP contribution in [0.2, 0.25) is 5.02 Å². The monoisotopic (exact) mass is 406 g/mol. The molecule has 2 heterocycles. The highest BCUT2D eigenvalue weighted by Gasteiger charge is 2.21. The zero-order chi connectivity index (χ0) is 18.9. The maximum absolute atomic E-state index is 12.9. The van der Waals surface area contributed by atoms with Crippen LogP contribution in [0.1, 0.15) is 6.42 Å². The topological polar surface area (TPSA) is 95.3 Å². The summed E-state index contributed by atoms with van der Waals surface area (Å²) in [4.78, 5) is 3.94. The zero-order valence-corrected chi connectivity index (χ0v) is 15.6. The number of sulfonamides is 1. The van der Waals surface area contributed by atoms with Gasteiger partial charge in [0.05, 0.1) is 29.5 Å². The van der Waals surface area contributed by atoms with Crippen molar-refractivity contribution in [2.75, 3.05) is 17.9 Å². The van der Waals surface area contributed by atoms with Gasteiger partial charge < -0.3 is 9.47 Å². The van der Waals surface area contributed by atoms with Crippen molar-refractivity contribution in [3.8, 4) is 17.2 Å². The van der Waals surface area contributed by atoms with Crippen molar-refractivity contribution in [1.29, 1.82) is 0 Å². The minimum atomic E-state index is -3.89. The van der Waals surface area contributed by atoms with Gasteiger partial charge in [-0.15, -0.1) is 0 Å². The van der Waals surface area contributed by atoms with Gasteiger partial charge >= 0.3 is 0 Å². The number of aromatic nitrogens is 3.